The van der Waals surface area contributed by atoms with Crippen molar-refractivity contribution in [1.29, 1.82) is 0 Å². The van der Waals surface area contributed by atoms with Crippen LogP contribution in [0.3, 0.4) is 0 Å². The van der Waals surface area contributed by atoms with Gasteiger partial charge in [0.25, 0.3) is 0 Å². The Morgan fingerprint density at radius 3 is 2.64 bits per heavy atom. The van der Waals surface area contributed by atoms with Crippen LogP contribution in [-0.2, 0) is 0 Å². The third-order valence-corrected chi connectivity index (χ3v) is 10.5. The fraction of sp³-hybridized carbons (Fsp3) is 0.818. The molecule has 0 amide bonds. The lowest BCUT2D eigenvalue weighted by molar-refractivity contribution is 0.0303. The Kier molecular flexibility index (Phi) is 1.78. The maximum absolute atomic E-state index is 4.39. The average Bonchev–Trinajstić information content (AvgIpc) is 2.91. The van der Waals surface area contributed by atoms with Crippen LogP contribution < -0.4 is 0 Å². The summed E-state index contributed by atoms with van der Waals surface area (Å²) in [6.45, 7) is 11.8. The van der Waals surface area contributed by atoms with Crippen molar-refractivity contribution in [3.8, 4) is 0 Å². The Bertz CT molecular complexity index is 670. The summed E-state index contributed by atoms with van der Waals surface area (Å²) in [4.78, 5) is 0. The Balaban J connectivity index is 1.48. The second-order valence-electron chi connectivity index (χ2n) is 10.3. The van der Waals surface area contributed by atoms with Crippen LogP contribution in [-0.4, -0.2) is 0 Å². The SMILES string of the molecule is C=C(C)C1CCC23C1(C)CCC21C24CCC(C)CC2=CCC431. The van der Waals surface area contributed by atoms with Crippen molar-refractivity contribution in [3.05, 3.63) is 23.8 Å². The summed E-state index contributed by atoms with van der Waals surface area (Å²) in [7, 11) is 0. The van der Waals surface area contributed by atoms with Crippen molar-refractivity contribution in [2.24, 2.45) is 38.9 Å². The van der Waals surface area contributed by atoms with Gasteiger partial charge in [-0.3, -0.25) is 0 Å². The largest absolute Gasteiger partial charge is 0.0998 e. The molecule has 0 aromatic carbocycles. The van der Waals surface area contributed by atoms with Crippen LogP contribution in [0.25, 0.3) is 0 Å². The van der Waals surface area contributed by atoms with Gasteiger partial charge in [-0.15, -0.1) is 0 Å². The molecule has 0 radical (unpaired) electrons. The standard InChI is InChI=1S/C22H30/c1-14(2)17-7-10-20-18(17,4)11-12-22(20)19-8-5-15(3)13-16(19)6-9-21(19,20)22/h6,15,17H,1,5,7-13H2,2-4H3. The summed E-state index contributed by atoms with van der Waals surface area (Å²) in [6.07, 6.45) is 14.7. The lowest BCUT2D eigenvalue weighted by atomic mass is 9.55. The van der Waals surface area contributed by atoms with Gasteiger partial charge in [0.1, 0.15) is 0 Å². The first-order valence-electron chi connectivity index (χ1n) is 9.80. The van der Waals surface area contributed by atoms with Crippen LogP contribution in [0.2, 0.25) is 0 Å². The highest BCUT2D eigenvalue weighted by molar-refractivity contribution is 5.68. The summed E-state index contributed by atoms with van der Waals surface area (Å²) < 4.78 is 0. The Morgan fingerprint density at radius 2 is 1.91 bits per heavy atom. The zero-order valence-electron chi connectivity index (χ0n) is 14.6. The van der Waals surface area contributed by atoms with Crippen LogP contribution in [0.1, 0.15) is 72.1 Å². The van der Waals surface area contributed by atoms with E-state index in [9.17, 15) is 0 Å². The molecular formula is C22H30. The molecule has 0 N–H and O–H groups in total. The molecular weight excluding hydrogens is 264 g/mol. The zero-order valence-corrected chi connectivity index (χ0v) is 14.6. The third kappa shape index (κ3) is 0.745. The molecule has 0 aromatic heterocycles. The Hall–Kier alpha value is -0.520. The fourth-order valence-electron chi connectivity index (χ4n) is 10.4. The molecule has 5 fully saturated rings. The van der Waals surface area contributed by atoms with E-state index >= 15 is 0 Å². The maximum Gasteiger partial charge on any atom is 0.00511 e. The smallest absolute Gasteiger partial charge is 0.00511 e. The minimum Gasteiger partial charge on any atom is -0.0998 e. The van der Waals surface area contributed by atoms with Gasteiger partial charge in [-0.05, 0) is 91.8 Å². The predicted octanol–water partition coefficient (Wildman–Crippen LogP) is 5.90. The van der Waals surface area contributed by atoms with Gasteiger partial charge in [-0.1, -0.05) is 37.6 Å². The van der Waals surface area contributed by atoms with E-state index in [0.717, 1.165) is 28.1 Å². The van der Waals surface area contributed by atoms with E-state index in [2.05, 4.69) is 33.4 Å². The predicted molar refractivity (Wildman–Crippen MR) is 90.3 cm³/mol. The van der Waals surface area contributed by atoms with Gasteiger partial charge >= 0.3 is 0 Å². The highest BCUT2D eigenvalue weighted by Crippen LogP contribution is 3.19. The second-order valence-corrected chi connectivity index (χ2v) is 10.3. The van der Waals surface area contributed by atoms with E-state index in [0.29, 0.717) is 10.8 Å². The van der Waals surface area contributed by atoms with Crippen molar-refractivity contribution in [1.82, 2.24) is 0 Å². The molecule has 4 spiro atoms. The quantitative estimate of drug-likeness (QED) is 0.528. The van der Waals surface area contributed by atoms with Crippen LogP contribution in [0.4, 0.5) is 0 Å². The van der Waals surface area contributed by atoms with Crippen molar-refractivity contribution in [2.75, 3.05) is 0 Å². The van der Waals surface area contributed by atoms with Gasteiger partial charge < -0.3 is 0 Å². The lowest BCUT2D eigenvalue weighted by Crippen LogP contribution is -2.42. The summed E-state index contributed by atoms with van der Waals surface area (Å²) in [6, 6.07) is 0. The van der Waals surface area contributed by atoms with E-state index in [4.69, 9.17) is 0 Å². The zero-order chi connectivity index (χ0) is 15.2. The molecule has 0 bridgehead atoms. The highest BCUT2D eigenvalue weighted by atomic mass is 15.2. The van der Waals surface area contributed by atoms with Crippen molar-refractivity contribution >= 4 is 0 Å². The first-order valence-corrected chi connectivity index (χ1v) is 9.80. The molecule has 0 aliphatic heterocycles. The molecule has 22 heavy (non-hydrogen) atoms. The molecule has 118 valence electrons. The van der Waals surface area contributed by atoms with E-state index in [1.807, 2.05) is 5.57 Å². The van der Waals surface area contributed by atoms with E-state index in [1.54, 1.807) is 6.42 Å². The van der Waals surface area contributed by atoms with Gasteiger partial charge in [-0.2, -0.15) is 0 Å². The first-order chi connectivity index (χ1) is 10.5. The molecule has 6 aliphatic rings. The normalized spacial score (nSPS) is 65.9. The molecule has 0 aromatic rings. The minimum atomic E-state index is 0.594. The first kappa shape index (κ1) is 12.8. The van der Waals surface area contributed by atoms with Crippen LogP contribution in [0.15, 0.2) is 23.8 Å². The highest BCUT2D eigenvalue weighted by Gasteiger charge is 3.15. The van der Waals surface area contributed by atoms with Gasteiger partial charge in [0.2, 0.25) is 0 Å². The Labute approximate surface area is 135 Å². The molecule has 0 heterocycles. The van der Waals surface area contributed by atoms with Crippen LogP contribution in [0.5, 0.6) is 0 Å². The van der Waals surface area contributed by atoms with E-state index < -0.39 is 0 Å². The lowest BCUT2D eigenvalue weighted by Gasteiger charge is -2.48. The number of hydrogen-bond acceptors (Lipinski definition) is 0. The van der Waals surface area contributed by atoms with Crippen molar-refractivity contribution in [2.45, 2.75) is 72.1 Å². The summed E-state index contributed by atoms with van der Waals surface area (Å²) in [5.41, 5.74) is 6.98. The monoisotopic (exact) mass is 294 g/mol. The fourth-order valence-corrected chi connectivity index (χ4v) is 10.4. The molecule has 0 saturated heterocycles. The number of rotatable bonds is 1. The molecule has 5 saturated carbocycles. The summed E-state index contributed by atoms with van der Waals surface area (Å²) in [5.74, 6) is 1.76. The van der Waals surface area contributed by atoms with E-state index in [-0.39, 0.29) is 0 Å². The molecule has 6 aliphatic carbocycles. The van der Waals surface area contributed by atoms with Gasteiger partial charge in [-0.25, -0.2) is 0 Å². The molecule has 6 rings (SSSR count). The Morgan fingerprint density at radius 1 is 1.09 bits per heavy atom. The number of hydrogen-bond donors (Lipinski definition) is 0. The topological polar surface area (TPSA) is 0 Å². The van der Waals surface area contributed by atoms with Gasteiger partial charge in [0.05, 0.1) is 0 Å². The minimum absolute atomic E-state index is 0.594. The molecule has 0 heteroatoms. The second kappa shape index (κ2) is 3.05. The summed E-state index contributed by atoms with van der Waals surface area (Å²) in [5, 5.41) is 0. The van der Waals surface area contributed by atoms with Gasteiger partial charge in [0, 0.05) is 5.41 Å². The number of allylic oxidation sites excluding steroid dienone is 3. The molecule has 7 atom stereocenters. The van der Waals surface area contributed by atoms with E-state index in [1.165, 1.54) is 50.5 Å². The van der Waals surface area contributed by atoms with Gasteiger partial charge in [0.15, 0.2) is 0 Å². The van der Waals surface area contributed by atoms with Crippen LogP contribution in [0, 0.1) is 38.9 Å². The average molecular weight is 294 g/mol. The molecule has 0 nitrogen and oxygen atoms in total. The maximum atomic E-state index is 4.39. The summed E-state index contributed by atoms with van der Waals surface area (Å²) >= 11 is 0. The van der Waals surface area contributed by atoms with Crippen LogP contribution >= 0.6 is 0 Å². The van der Waals surface area contributed by atoms with Crippen molar-refractivity contribution < 1.29 is 0 Å². The molecule has 7 unspecified atom stereocenters. The van der Waals surface area contributed by atoms with Crippen molar-refractivity contribution in [3.63, 3.8) is 0 Å². The third-order valence-electron chi connectivity index (χ3n) is 10.5.